The molecule has 0 aromatic heterocycles. The maximum atomic E-state index is 12.2. The predicted octanol–water partition coefficient (Wildman–Crippen LogP) is 5.34. The number of ether oxygens (including phenoxy) is 3. The van der Waals surface area contributed by atoms with Crippen LogP contribution in [0, 0.1) is 0 Å². The number of fused-ring (bicyclic) bond motifs is 1. The number of hydrogen-bond donors (Lipinski definition) is 0. The van der Waals surface area contributed by atoms with Crippen molar-refractivity contribution in [3.05, 3.63) is 53.6 Å². The van der Waals surface area contributed by atoms with Gasteiger partial charge in [-0.3, -0.25) is 0 Å². The average Bonchev–Trinajstić information content (AvgIpc) is 2.98. The molecule has 5 heteroatoms. The zero-order valence-corrected chi connectivity index (χ0v) is 18.9. The van der Waals surface area contributed by atoms with Crippen LogP contribution in [0.3, 0.4) is 0 Å². The largest absolute Gasteiger partial charge is 0.491 e. The smallest absolute Gasteiger partial charge is 0.333 e. The van der Waals surface area contributed by atoms with E-state index in [1.807, 2.05) is 18.2 Å². The summed E-state index contributed by atoms with van der Waals surface area (Å²) in [5, 5.41) is 0. The van der Waals surface area contributed by atoms with Gasteiger partial charge in [0.05, 0.1) is 13.7 Å². The topological polar surface area (TPSA) is 48.0 Å². The van der Waals surface area contributed by atoms with Gasteiger partial charge in [0, 0.05) is 31.0 Å². The third kappa shape index (κ3) is 6.11. The normalized spacial score (nSPS) is 13.3. The number of benzene rings is 2. The fraction of sp³-hybridized carbons (Fsp3) is 0.423. The Morgan fingerprint density at radius 1 is 0.968 bits per heavy atom. The van der Waals surface area contributed by atoms with Gasteiger partial charge in [0.25, 0.3) is 0 Å². The van der Waals surface area contributed by atoms with E-state index in [1.54, 1.807) is 0 Å². The van der Waals surface area contributed by atoms with Crippen molar-refractivity contribution >= 4 is 17.7 Å². The molecular weight excluding hydrogens is 390 g/mol. The SMILES string of the molecule is CCCOCCOc1ccc(-c2ccc3c(c2)C=C(C(=O)OC)CCN3CCC)cc1. The van der Waals surface area contributed by atoms with Gasteiger partial charge in [-0.05, 0) is 66.3 Å². The molecule has 166 valence electrons. The minimum atomic E-state index is -0.251. The second-order valence-electron chi connectivity index (χ2n) is 7.66. The molecule has 0 saturated heterocycles. The highest BCUT2D eigenvalue weighted by atomic mass is 16.5. The maximum absolute atomic E-state index is 12.2. The highest BCUT2D eigenvalue weighted by Gasteiger charge is 2.20. The van der Waals surface area contributed by atoms with Crippen molar-refractivity contribution in [3.63, 3.8) is 0 Å². The lowest BCUT2D eigenvalue weighted by Crippen LogP contribution is -2.25. The van der Waals surface area contributed by atoms with Crippen molar-refractivity contribution < 1.29 is 19.0 Å². The predicted molar refractivity (Wildman–Crippen MR) is 126 cm³/mol. The number of nitrogens with zero attached hydrogens (tertiary/aromatic N) is 1. The molecule has 0 bridgehead atoms. The van der Waals surface area contributed by atoms with Gasteiger partial charge in [-0.2, -0.15) is 0 Å². The molecule has 31 heavy (non-hydrogen) atoms. The van der Waals surface area contributed by atoms with Crippen LogP contribution in [0.5, 0.6) is 5.75 Å². The molecule has 0 N–H and O–H groups in total. The Kier molecular flexibility index (Phi) is 8.53. The van der Waals surface area contributed by atoms with E-state index in [9.17, 15) is 4.79 Å². The van der Waals surface area contributed by atoms with Gasteiger partial charge < -0.3 is 19.1 Å². The number of rotatable bonds is 10. The Labute approximate surface area is 185 Å². The average molecular weight is 424 g/mol. The number of methoxy groups -OCH3 is 1. The lowest BCUT2D eigenvalue weighted by atomic mass is 10.00. The summed E-state index contributed by atoms with van der Waals surface area (Å²) in [6.07, 6.45) is 4.74. The highest BCUT2D eigenvalue weighted by Crippen LogP contribution is 2.33. The monoisotopic (exact) mass is 423 g/mol. The summed E-state index contributed by atoms with van der Waals surface area (Å²) >= 11 is 0. The van der Waals surface area contributed by atoms with E-state index in [-0.39, 0.29) is 5.97 Å². The summed E-state index contributed by atoms with van der Waals surface area (Å²) in [4.78, 5) is 14.5. The van der Waals surface area contributed by atoms with E-state index in [1.165, 1.54) is 7.11 Å². The Bertz CT molecular complexity index is 889. The Morgan fingerprint density at radius 2 is 1.74 bits per heavy atom. The maximum Gasteiger partial charge on any atom is 0.333 e. The van der Waals surface area contributed by atoms with E-state index in [4.69, 9.17) is 14.2 Å². The molecule has 3 rings (SSSR count). The first-order valence-corrected chi connectivity index (χ1v) is 11.1. The Hall–Kier alpha value is -2.79. The van der Waals surface area contributed by atoms with Crippen LogP contribution in [0.2, 0.25) is 0 Å². The minimum absolute atomic E-state index is 0.251. The van der Waals surface area contributed by atoms with E-state index < -0.39 is 0 Å². The summed E-state index contributed by atoms with van der Waals surface area (Å²) in [5.74, 6) is 0.583. The highest BCUT2D eigenvalue weighted by molar-refractivity contribution is 5.96. The Balaban J connectivity index is 1.80. The first-order chi connectivity index (χ1) is 15.2. The van der Waals surface area contributed by atoms with Crippen molar-refractivity contribution in [2.45, 2.75) is 33.1 Å². The number of esters is 1. The lowest BCUT2D eigenvalue weighted by Gasteiger charge is -2.24. The van der Waals surface area contributed by atoms with Crippen LogP contribution in [-0.2, 0) is 14.3 Å². The third-order valence-corrected chi connectivity index (χ3v) is 5.32. The molecule has 5 nitrogen and oxygen atoms in total. The van der Waals surface area contributed by atoms with Crippen LogP contribution in [0.15, 0.2) is 48.0 Å². The van der Waals surface area contributed by atoms with Crippen molar-refractivity contribution in [2.75, 3.05) is 44.9 Å². The van der Waals surface area contributed by atoms with Gasteiger partial charge in [0.1, 0.15) is 12.4 Å². The zero-order valence-electron chi connectivity index (χ0n) is 18.9. The van der Waals surface area contributed by atoms with E-state index in [2.05, 4.69) is 49.1 Å². The van der Waals surface area contributed by atoms with Crippen molar-refractivity contribution in [1.29, 1.82) is 0 Å². The van der Waals surface area contributed by atoms with Crippen LogP contribution in [0.1, 0.15) is 38.7 Å². The fourth-order valence-corrected chi connectivity index (χ4v) is 3.78. The fourth-order valence-electron chi connectivity index (χ4n) is 3.78. The molecule has 1 aliphatic heterocycles. The quantitative estimate of drug-likeness (QED) is 0.382. The molecular formula is C26H33NO4. The standard InChI is InChI=1S/C26H33NO4/c1-4-13-27-14-12-22(26(28)29-3)19-23-18-21(8-11-25(23)27)20-6-9-24(10-7-20)31-17-16-30-15-5-2/h6-11,18-19H,4-5,12-17H2,1-3H3. The van der Waals surface area contributed by atoms with Crippen LogP contribution >= 0.6 is 0 Å². The summed E-state index contributed by atoms with van der Waals surface area (Å²) < 4.78 is 16.2. The number of carbonyl (C=O) groups excluding carboxylic acids is 1. The molecule has 0 fully saturated rings. The molecule has 0 atom stereocenters. The molecule has 0 aliphatic carbocycles. The molecule has 0 spiro atoms. The van der Waals surface area contributed by atoms with Crippen LogP contribution in [0.4, 0.5) is 5.69 Å². The zero-order chi connectivity index (χ0) is 22.1. The van der Waals surface area contributed by atoms with Crippen LogP contribution < -0.4 is 9.64 Å². The Morgan fingerprint density at radius 3 is 2.45 bits per heavy atom. The van der Waals surface area contributed by atoms with Gasteiger partial charge in [-0.25, -0.2) is 4.79 Å². The molecule has 1 aliphatic rings. The summed E-state index contributed by atoms with van der Waals surface area (Å²) in [7, 11) is 1.44. The van der Waals surface area contributed by atoms with Gasteiger partial charge in [0.15, 0.2) is 0 Å². The third-order valence-electron chi connectivity index (χ3n) is 5.32. The molecule has 0 unspecified atom stereocenters. The summed E-state index contributed by atoms with van der Waals surface area (Å²) in [5.41, 5.74) is 5.15. The van der Waals surface area contributed by atoms with Gasteiger partial charge in [0.2, 0.25) is 0 Å². The second kappa shape index (κ2) is 11.6. The van der Waals surface area contributed by atoms with Crippen molar-refractivity contribution in [2.24, 2.45) is 0 Å². The second-order valence-corrected chi connectivity index (χ2v) is 7.66. The summed E-state index contributed by atoms with van der Waals surface area (Å²) in [6, 6.07) is 14.6. The van der Waals surface area contributed by atoms with Crippen LogP contribution in [-0.4, -0.2) is 46.0 Å². The van der Waals surface area contributed by atoms with E-state index in [0.29, 0.717) is 25.2 Å². The van der Waals surface area contributed by atoms with Crippen molar-refractivity contribution in [1.82, 2.24) is 0 Å². The molecule has 0 saturated carbocycles. The molecule has 2 aromatic carbocycles. The van der Waals surface area contributed by atoms with E-state index in [0.717, 1.165) is 60.7 Å². The number of hydrogen-bond acceptors (Lipinski definition) is 5. The van der Waals surface area contributed by atoms with Gasteiger partial charge in [-0.15, -0.1) is 0 Å². The molecule has 1 heterocycles. The molecule has 0 radical (unpaired) electrons. The van der Waals surface area contributed by atoms with Crippen LogP contribution in [0.25, 0.3) is 17.2 Å². The number of anilines is 1. The molecule has 2 aromatic rings. The van der Waals surface area contributed by atoms with Crippen molar-refractivity contribution in [3.8, 4) is 16.9 Å². The number of carbonyl (C=O) groups is 1. The van der Waals surface area contributed by atoms with E-state index >= 15 is 0 Å². The minimum Gasteiger partial charge on any atom is -0.491 e. The summed E-state index contributed by atoms with van der Waals surface area (Å²) in [6.45, 7) is 7.96. The first kappa shape index (κ1) is 22.9. The van der Waals surface area contributed by atoms with Gasteiger partial charge >= 0.3 is 5.97 Å². The first-order valence-electron chi connectivity index (χ1n) is 11.1. The molecule has 0 amide bonds. The lowest BCUT2D eigenvalue weighted by molar-refractivity contribution is -0.136. The van der Waals surface area contributed by atoms with Gasteiger partial charge in [-0.1, -0.05) is 32.0 Å².